The maximum atomic E-state index is 12.4. The number of esters is 1. The van der Waals surface area contributed by atoms with Gasteiger partial charge < -0.3 is 4.74 Å². The zero-order valence-electron chi connectivity index (χ0n) is 12.7. The SMILES string of the molecule is CCC(C)(Cc1ccc(Cl)c(Br)c1)C(=O)OC(C)(C)C. The topological polar surface area (TPSA) is 26.3 Å². The lowest BCUT2D eigenvalue weighted by atomic mass is 9.81. The molecule has 112 valence electrons. The van der Waals surface area contributed by atoms with Crippen molar-refractivity contribution in [2.24, 2.45) is 5.41 Å². The van der Waals surface area contributed by atoms with Crippen LogP contribution in [-0.2, 0) is 16.0 Å². The molecule has 4 heteroatoms. The molecule has 1 unspecified atom stereocenters. The molecule has 0 amide bonds. The summed E-state index contributed by atoms with van der Waals surface area (Å²) in [6.07, 6.45) is 1.36. The molecule has 0 saturated heterocycles. The number of benzene rings is 1. The molecule has 1 atom stereocenters. The van der Waals surface area contributed by atoms with E-state index >= 15 is 0 Å². The Morgan fingerprint density at radius 1 is 1.30 bits per heavy atom. The van der Waals surface area contributed by atoms with E-state index in [9.17, 15) is 4.79 Å². The van der Waals surface area contributed by atoms with E-state index in [1.807, 2.05) is 52.8 Å². The Labute approximate surface area is 135 Å². The van der Waals surface area contributed by atoms with E-state index in [1.165, 1.54) is 0 Å². The van der Waals surface area contributed by atoms with Crippen molar-refractivity contribution in [3.05, 3.63) is 33.3 Å². The van der Waals surface area contributed by atoms with Crippen LogP contribution in [0.1, 0.15) is 46.6 Å². The molecule has 0 fully saturated rings. The van der Waals surface area contributed by atoms with E-state index in [-0.39, 0.29) is 5.97 Å². The van der Waals surface area contributed by atoms with E-state index < -0.39 is 11.0 Å². The molecule has 1 rings (SSSR count). The highest BCUT2D eigenvalue weighted by Crippen LogP contribution is 2.32. The molecule has 0 saturated carbocycles. The molecule has 20 heavy (non-hydrogen) atoms. The van der Waals surface area contributed by atoms with Gasteiger partial charge in [-0.1, -0.05) is 24.6 Å². The van der Waals surface area contributed by atoms with Gasteiger partial charge in [-0.2, -0.15) is 0 Å². The van der Waals surface area contributed by atoms with Gasteiger partial charge in [-0.05, 0) is 74.2 Å². The van der Waals surface area contributed by atoms with Crippen molar-refractivity contribution in [2.75, 3.05) is 0 Å². The lowest BCUT2D eigenvalue weighted by Gasteiger charge is -2.30. The third-order valence-electron chi connectivity index (χ3n) is 3.25. The van der Waals surface area contributed by atoms with Crippen molar-refractivity contribution in [1.29, 1.82) is 0 Å². The van der Waals surface area contributed by atoms with Crippen LogP contribution in [-0.4, -0.2) is 11.6 Å². The molecule has 0 N–H and O–H groups in total. The third kappa shape index (κ3) is 4.78. The fraction of sp³-hybridized carbons (Fsp3) is 0.562. The third-order valence-corrected chi connectivity index (χ3v) is 4.46. The first-order valence-corrected chi connectivity index (χ1v) is 7.92. The van der Waals surface area contributed by atoms with Crippen LogP contribution in [0, 0.1) is 5.41 Å². The van der Waals surface area contributed by atoms with Crippen LogP contribution in [0.25, 0.3) is 0 Å². The zero-order chi connectivity index (χ0) is 15.6. The first kappa shape index (κ1) is 17.5. The number of carbonyl (C=O) groups excluding carboxylic acids is 1. The summed E-state index contributed by atoms with van der Waals surface area (Å²) < 4.78 is 6.39. The van der Waals surface area contributed by atoms with Crippen LogP contribution < -0.4 is 0 Å². The quantitative estimate of drug-likeness (QED) is 0.671. The van der Waals surface area contributed by atoms with Crippen LogP contribution in [0.3, 0.4) is 0 Å². The number of hydrogen-bond donors (Lipinski definition) is 0. The Morgan fingerprint density at radius 2 is 1.90 bits per heavy atom. The van der Waals surface area contributed by atoms with Crippen LogP contribution in [0.15, 0.2) is 22.7 Å². The van der Waals surface area contributed by atoms with E-state index in [0.29, 0.717) is 11.4 Å². The molecule has 2 nitrogen and oxygen atoms in total. The fourth-order valence-electron chi connectivity index (χ4n) is 1.84. The molecule has 0 heterocycles. The Bertz CT molecular complexity index is 494. The number of carbonyl (C=O) groups is 1. The summed E-state index contributed by atoms with van der Waals surface area (Å²) in [6.45, 7) is 9.62. The highest BCUT2D eigenvalue weighted by Gasteiger charge is 2.35. The van der Waals surface area contributed by atoms with Gasteiger partial charge in [0, 0.05) is 4.47 Å². The lowest BCUT2D eigenvalue weighted by molar-refractivity contribution is -0.166. The maximum absolute atomic E-state index is 12.4. The normalized spacial score (nSPS) is 14.8. The molecule has 0 aromatic heterocycles. The summed E-state index contributed by atoms with van der Waals surface area (Å²) in [7, 11) is 0. The van der Waals surface area contributed by atoms with Crippen molar-refractivity contribution >= 4 is 33.5 Å². The van der Waals surface area contributed by atoms with Gasteiger partial charge in [0.2, 0.25) is 0 Å². The number of hydrogen-bond acceptors (Lipinski definition) is 2. The molecule has 0 radical (unpaired) electrons. The molecule has 1 aromatic carbocycles. The van der Waals surface area contributed by atoms with E-state index in [0.717, 1.165) is 16.5 Å². The predicted molar refractivity (Wildman–Crippen MR) is 87.1 cm³/mol. The van der Waals surface area contributed by atoms with Crippen LogP contribution >= 0.6 is 27.5 Å². The zero-order valence-corrected chi connectivity index (χ0v) is 15.1. The average molecular weight is 362 g/mol. The maximum Gasteiger partial charge on any atom is 0.312 e. The van der Waals surface area contributed by atoms with Crippen LogP contribution in [0.2, 0.25) is 5.02 Å². The molecular formula is C16H22BrClO2. The van der Waals surface area contributed by atoms with Crippen molar-refractivity contribution in [1.82, 2.24) is 0 Å². The summed E-state index contributed by atoms with van der Waals surface area (Å²) in [5.41, 5.74) is 0.0748. The van der Waals surface area contributed by atoms with Crippen LogP contribution in [0.4, 0.5) is 0 Å². The Morgan fingerprint density at radius 3 is 2.35 bits per heavy atom. The van der Waals surface area contributed by atoms with Gasteiger partial charge in [0.25, 0.3) is 0 Å². The smallest absolute Gasteiger partial charge is 0.312 e. The van der Waals surface area contributed by atoms with E-state index in [4.69, 9.17) is 16.3 Å². The minimum Gasteiger partial charge on any atom is -0.460 e. The van der Waals surface area contributed by atoms with Crippen LogP contribution in [0.5, 0.6) is 0 Å². The van der Waals surface area contributed by atoms with Gasteiger partial charge in [-0.25, -0.2) is 0 Å². The second-order valence-electron chi connectivity index (χ2n) is 6.34. The molecule has 0 aliphatic rings. The summed E-state index contributed by atoms with van der Waals surface area (Å²) in [4.78, 5) is 12.4. The number of halogens is 2. The van der Waals surface area contributed by atoms with Gasteiger partial charge in [0.05, 0.1) is 10.4 Å². The molecule has 0 aliphatic heterocycles. The Kier molecular flexibility index (Phi) is 5.68. The first-order chi connectivity index (χ1) is 9.07. The lowest BCUT2D eigenvalue weighted by Crippen LogP contribution is -2.37. The second kappa shape index (κ2) is 6.48. The second-order valence-corrected chi connectivity index (χ2v) is 7.60. The minimum absolute atomic E-state index is 0.154. The summed E-state index contributed by atoms with van der Waals surface area (Å²) in [6, 6.07) is 5.75. The standard InChI is InChI=1S/C16H22BrClO2/c1-6-16(5,14(19)20-15(2,3)4)10-11-7-8-13(18)12(17)9-11/h7-9H,6,10H2,1-5H3. The fourth-order valence-corrected chi connectivity index (χ4v) is 2.39. The summed E-state index contributed by atoms with van der Waals surface area (Å²) >= 11 is 9.41. The van der Waals surface area contributed by atoms with E-state index in [1.54, 1.807) is 0 Å². The Balaban J connectivity index is 2.94. The van der Waals surface area contributed by atoms with Crippen molar-refractivity contribution < 1.29 is 9.53 Å². The molecular weight excluding hydrogens is 340 g/mol. The molecule has 0 spiro atoms. The molecule has 0 aliphatic carbocycles. The predicted octanol–water partition coefficient (Wildman–Crippen LogP) is 5.40. The van der Waals surface area contributed by atoms with Gasteiger partial charge in [-0.3, -0.25) is 4.79 Å². The van der Waals surface area contributed by atoms with Gasteiger partial charge in [-0.15, -0.1) is 0 Å². The van der Waals surface area contributed by atoms with Gasteiger partial charge in [0.15, 0.2) is 0 Å². The number of ether oxygens (including phenoxy) is 1. The average Bonchev–Trinajstić information content (AvgIpc) is 2.31. The largest absolute Gasteiger partial charge is 0.460 e. The number of rotatable bonds is 4. The van der Waals surface area contributed by atoms with Crippen molar-refractivity contribution in [3.63, 3.8) is 0 Å². The minimum atomic E-state index is -0.527. The van der Waals surface area contributed by atoms with Crippen molar-refractivity contribution in [3.8, 4) is 0 Å². The van der Waals surface area contributed by atoms with Gasteiger partial charge >= 0.3 is 5.97 Å². The molecule has 0 bridgehead atoms. The highest BCUT2D eigenvalue weighted by atomic mass is 79.9. The highest BCUT2D eigenvalue weighted by molar-refractivity contribution is 9.10. The molecule has 1 aromatic rings. The monoisotopic (exact) mass is 360 g/mol. The summed E-state index contributed by atoms with van der Waals surface area (Å²) in [5.74, 6) is -0.154. The summed E-state index contributed by atoms with van der Waals surface area (Å²) in [5, 5.41) is 0.671. The van der Waals surface area contributed by atoms with Gasteiger partial charge in [0.1, 0.15) is 5.60 Å². The van der Waals surface area contributed by atoms with Crippen molar-refractivity contribution in [2.45, 2.75) is 53.1 Å². The van der Waals surface area contributed by atoms with E-state index in [2.05, 4.69) is 15.9 Å². The first-order valence-electron chi connectivity index (χ1n) is 6.75. The Hall–Kier alpha value is -0.540.